The Bertz CT molecular complexity index is 985. The number of aromatic nitrogens is 3. The number of anilines is 3. The highest BCUT2D eigenvalue weighted by Gasteiger charge is 2.15. The molecule has 0 unspecified atom stereocenters. The van der Waals surface area contributed by atoms with Gasteiger partial charge in [0.2, 0.25) is 10.0 Å². The Morgan fingerprint density at radius 2 is 1.67 bits per heavy atom. The lowest BCUT2D eigenvalue weighted by Crippen LogP contribution is -2.28. The zero-order chi connectivity index (χ0) is 19.3. The van der Waals surface area contributed by atoms with E-state index in [0.29, 0.717) is 28.2 Å². The van der Waals surface area contributed by atoms with E-state index >= 15 is 0 Å². The van der Waals surface area contributed by atoms with Gasteiger partial charge in [0.05, 0.1) is 0 Å². The zero-order valence-corrected chi connectivity index (χ0v) is 16.6. The molecule has 0 aromatic carbocycles. The molecule has 0 aliphatic heterocycles. The molecule has 0 atom stereocenters. The van der Waals surface area contributed by atoms with Crippen LogP contribution in [0.4, 0.5) is 17.5 Å². The summed E-state index contributed by atoms with van der Waals surface area (Å²) in [6.07, 6.45) is 1.77. The summed E-state index contributed by atoms with van der Waals surface area (Å²) in [6, 6.07) is 10.8. The van der Waals surface area contributed by atoms with Crippen molar-refractivity contribution in [1.29, 1.82) is 0 Å². The molecule has 3 N–H and O–H groups in total. The molecule has 3 aromatic rings. The number of hydrogen-bond donors (Lipinski definition) is 3. The van der Waals surface area contributed by atoms with Crippen molar-refractivity contribution in [2.24, 2.45) is 0 Å². The normalized spacial score (nSPS) is 11.3. The molecule has 0 radical (unpaired) electrons. The van der Waals surface area contributed by atoms with E-state index in [0.717, 1.165) is 10.4 Å². The molecular weight excluding hydrogens is 384 g/mol. The second-order valence-corrected chi connectivity index (χ2v) is 9.12. The Morgan fingerprint density at radius 3 is 2.30 bits per heavy atom. The highest BCUT2D eigenvalue weighted by molar-refractivity contribution is 7.91. The number of hydrogen-bond acceptors (Lipinski definition) is 8. The summed E-state index contributed by atoms with van der Waals surface area (Å²) in [5.74, 6) is 1.82. The maximum atomic E-state index is 12.1. The van der Waals surface area contributed by atoms with Gasteiger partial charge in [-0.05, 0) is 49.7 Å². The molecule has 0 amide bonds. The number of pyridine rings is 1. The van der Waals surface area contributed by atoms with Gasteiger partial charge in [0, 0.05) is 24.2 Å². The molecule has 0 bridgehead atoms. The van der Waals surface area contributed by atoms with Gasteiger partial charge >= 0.3 is 0 Å². The van der Waals surface area contributed by atoms with Gasteiger partial charge in [0.1, 0.15) is 15.8 Å². The number of nitrogens with zero attached hydrogens (tertiary/aromatic N) is 3. The average molecular weight is 405 g/mol. The van der Waals surface area contributed by atoms with Crippen LogP contribution >= 0.6 is 11.3 Å². The van der Waals surface area contributed by atoms with E-state index in [1.54, 1.807) is 30.5 Å². The largest absolute Gasteiger partial charge is 0.367 e. The molecule has 3 heterocycles. The van der Waals surface area contributed by atoms with Crippen LogP contribution in [0.3, 0.4) is 0 Å². The lowest BCUT2D eigenvalue weighted by molar-refractivity contribution is 0.585. The molecule has 10 heteroatoms. The predicted molar refractivity (Wildman–Crippen MR) is 107 cm³/mol. The molecule has 0 aliphatic rings. The molecule has 27 heavy (non-hydrogen) atoms. The van der Waals surface area contributed by atoms with Gasteiger partial charge in [0.15, 0.2) is 5.82 Å². The maximum absolute atomic E-state index is 12.1. The Balaban J connectivity index is 1.47. The van der Waals surface area contributed by atoms with Crippen molar-refractivity contribution in [3.05, 3.63) is 53.0 Å². The Morgan fingerprint density at radius 1 is 0.926 bits per heavy atom. The van der Waals surface area contributed by atoms with Crippen molar-refractivity contribution in [2.75, 3.05) is 23.7 Å². The Hall–Kier alpha value is -2.56. The van der Waals surface area contributed by atoms with Crippen molar-refractivity contribution in [3.63, 3.8) is 0 Å². The van der Waals surface area contributed by atoms with E-state index in [2.05, 4.69) is 30.5 Å². The second-order valence-electron chi connectivity index (χ2n) is 5.84. The fourth-order valence-corrected chi connectivity index (χ4v) is 4.53. The molecule has 142 valence electrons. The minimum Gasteiger partial charge on any atom is -0.367 e. The summed E-state index contributed by atoms with van der Waals surface area (Å²) in [5.41, 5.74) is 1.08. The third kappa shape index (κ3) is 5.46. The van der Waals surface area contributed by atoms with Crippen LogP contribution in [-0.2, 0) is 10.0 Å². The standard InChI is InChI=1S/C17H20N6O2S2/c1-12-3-5-14(19-11-12)21-16-7-6-15(22-23-16)18-9-10-20-27(24,25)17-8-4-13(2)26-17/h3-8,11,20H,9-10H2,1-2H3,(H,18,22)(H,19,21,23). The minimum absolute atomic E-state index is 0.244. The molecule has 0 spiro atoms. The lowest BCUT2D eigenvalue weighted by Gasteiger charge is -2.08. The van der Waals surface area contributed by atoms with Crippen molar-refractivity contribution < 1.29 is 8.42 Å². The summed E-state index contributed by atoms with van der Waals surface area (Å²) in [4.78, 5) is 5.20. The summed E-state index contributed by atoms with van der Waals surface area (Å²) in [5, 5.41) is 14.2. The van der Waals surface area contributed by atoms with Crippen LogP contribution in [0.1, 0.15) is 10.4 Å². The van der Waals surface area contributed by atoms with Gasteiger partial charge in [-0.25, -0.2) is 18.1 Å². The molecule has 0 saturated carbocycles. The summed E-state index contributed by atoms with van der Waals surface area (Å²) >= 11 is 1.25. The zero-order valence-electron chi connectivity index (χ0n) is 14.9. The van der Waals surface area contributed by atoms with Gasteiger partial charge in [-0.3, -0.25) is 0 Å². The first-order valence-corrected chi connectivity index (χ1v) is 10.6. The van der Waals surface area contributed by atoms with E-state index in [1.807, 2.05) is 26.0 Å². The number of nitrogens with one attached hydrogen (secondary N) is 3. The SMILES string of the molecule is Cc1ccc(Nc2ccc(NCCNS(=O)(=O)c3ccc(C)s3)nn2)nc1. The van der Waals surface area contributed by atoms with Crippen LogP contribution in [0, 0.1) is 13.8 Å². The van der Waals surface area contributed by atoms with Gasteiger partial charge in [0.25, 0.3) is 0 Å². The molecule has 0 fully saturated rings. The molecule has 8 nitrogen and oxygen atoms in total. The van der Waals surface area contributed by atoms with Crippen LogP contribution in [0.15, 0.2) is 46.8 Å². The van der Waals surface area contributed by atoms with Crippen molar-refractivity contribution in [3.8, 4) is 0 Å². The highest BCUT2D eigenvalue weighted by Crippen LogP contribution is 2.20. The van der Waals surface area contributed by atoms with Gasteiger partial charge in [-0.2, -0.15) is 0 Å². The van der Waals surface area contributed by atoms with E-state index in [-0.39, 0.29) is 6.54 Å². The van der Waals surface area contributed by atoms with Gasteiger partial charge in [-0.15, -0.1) is 21.5 Å². The third-order valence-electron chi connectivity index (χ3n) is 3.54. The van der Waals surface area contributed by atoms with Crippen LogP contribution in [0.25, 0.3) is 0 Å². The number of sulfonamides is 1. The third-order valence-corrected chi connectivity index (χ3v) is 6.49. The van der Waals surface area contributed by atoms with E-state index in [1.165, 1.54) is 11.3 Å². The van der Waals surface area contributed by atoms with Crippen molar-refractivity contribution >= 4 is 38.8 Å². The average Bonchev–Trinajstić information content (AvgIpc) is 3.09. The first kappa shape index (κ1) is 19.2. The van der Waals surface area contributed by atoms with Crippen molar-refractivity contribution in [1.82, 2.24) is 19.9 Å². The molecule has 0 saturated heterocycles. The highest BCUT2D eigenvalue weighted by atomic mass is 32.2. The van der Waals surface area contributed by atoms with E-state index < -0.39 is 10.0 Å². The smallest absolute Gasteiger partial charge is 0.250 e. The maximum Gasteiger partial charge on any atom is 0.250 e. The van der Waals surface area contributed by atoms with Crippen LogP contribution in [0.2, 0.25) is 0 Å². The Labute approximate surface area is 162 Å². The van der Waals surface area contributed by atoms with Crippen molar-refractivity contribution in [2.45, 2.75) is 18.1 Å². The quantitative estimate of drug-likeness (QED) is 0.495. The number of thiophene rings is 1. The van der Waals surface area contributed by atoms with Gasteiger partial charge in [-0.1, -0.05) is 6.07 Å². The van der Waals surface area contributed by atoms with Crippen LogP contribution < -0.4 is 15.4 Å². The topological polar surface area (TPSA) is 109 Å². The second kappa shape index (κ2) is 8.42. The van der Waals surface area contributed by atoms with Gasteiger partial charge < -0.3 is 10.6 Å². The monoisotopic (exact) mass is 404 g/mol. The minimum atomic E-state index is -3.46. The predicted octanol–water partition coefficient (Wildman–Crippen LogP) is 2.68. The Kier molecular flexibility index (Phi) is 5.99. The molecule has 3 rings (SSSR count). The number of rotatable bonds is 8. The summed E-state index contributed by atoms with van der Waals surface area (Å²) in [7, 11) is -3.46. The molecule has 0 aliphatic carbocycles. The fraction of sp³-hybridized carbons (Fsp3) is 0.235. The summed E-state index contributed by atoms with van der Waals surface area (Å²) < 4.78 is 27.1. The molecular formula is C17H20N6O2S2. The lowest BCUT2D eigenvalue weighted by atomic mass is 10.3. The molecule has 3 aromatic heterocycles. The fourth-order valence-electron chi connectivity index (χ4n) is 2.17. The first-order chi connectivity index (χ1) is 12.9. The van der Waals surface area contributed by atoms with E-state index in [9.17, 15) is 8.42 Å². The summed E-state index contributed by atoms with van der Waals surface area (Å²) in [6.45, 7) is 4.48. The van der Waals surface area contributed by atoms with E-state index in [4.69, 9.17) is 0 Å². The number of aryl methyl sites for hydroxylation is 2. The first-order valence-electron chi connectivity index (χ1n) is 8.26. The van der Waals surface area contributed by atoms with Crippen LogP contribution in [-0.4, -0.2) is 36.7 Å². The van der Waals surface area contributed by atoms with Crippen LogP contribution in [0.5, 0.6) is 0 Å².